The highest BCUT2D eigenvalue weighted by molar-refractivity contribution is 7.98. The fraction of sp³-hybridized carbons (Fsp3) is 0.500. The van der Waals surface area contributed by atoms with Gasteiger partial charge in [0.25, 0.3) is 0 Å². The predicted molar refractivity (Wildman–Crippen MR) is 77.1 cm³/mol. The molecule has 0 aliphatic heterocycles. The maximum absolute atomic E-state index is 11.1. The third kappa shape index (κ3) is 4.35. The number of hydrogen-bond donors (Lipinski definition) is 2. The Kier molecular flexibility index (Phi) is 5.69. The minimum Gasteiger partial charge on any atom is -0.480 e. The van der Waals surface area contributed by atoms with Gasteiger partial charge in [-0.1, -0.05) is 29.8 Å². The number of benzene rings is 1. The molecule has 1 aromatic carbocycles. The van der Waals surface area contributed by atoms with Crippen LogP contribution in [0.4, 0.5) is 0 Å². The lowest BCUT2D eigenvalue weighted by Gasteiger charge is -2.23. The van der Waals surface area contributed by atoms with Crippen molar-refractivity contribution in [2.45, 2.75) is 31.6 Å². The fourth-order valence-electron chi connectivity index (χ4n) is 1.61. The van der Waals surface area contributed by atoms with E-state index in [0.717, 1.165) is 11.5 Å². The largest absolute Gasteiger partial charge is 0.480 e. The van der Waals surface area contributed by atoms with Crippen LogP contribution in [0.3, 0.4) is 0 Å². The molecule has 0 bridgehead atoms. The summed E-state index contributed by atoms with van der Waals surface area (Å²) in [7, 11) is 1.69. The maximum Gasteiger partial charge on any atom is 0.323 e. The number of carbonyl (C=O) groups is 1. The fourth-order valence-corrected chi connectivity index (χ4v) is 2.72. The average Bonchev–Trinajstić information content (AvgIpc) is 2.34. The van der Waals surface area contributed by atoms with E-state index in [1.807, 2.05) is 0 Å². The third-order valence-corrected chi connectivity index (χ3v) is 4.15. The Hall–Kier alpha value is -1.00. The average molecular weight is 267 g/mol. The first-order valence-corrected chi connectivity index (χ1v) is 7.19. The van der Waals surface area contributed by atoms with E-state index >= 15 is 0 Å². The van der Waals surface area contributed by atoms with Gasteiger partial charge in [-0.3, -0.25) is 4.79 Å². The van der Waals surface area contributed by atoms with E-state index in [0.29, 0.717) is 6.42 Å². The Labute approximate surface area is 113 Å². The Morgan fingerprint density at radius 2 is 2.22 bits per heavy atom. The van der Waals surface area contributed by atoms with Crippen LogP contribution in [0.2, 0.25) is 0 Å². The predicted octanol–water partition coefficient (Wildman–Crippen LogP) is 2.68. The molecular formula is C14H21NO2S. The molecule has 0 aromatic heterocycles. The van der Waals surface area contributed by atoms with Gasteiger partial charge in [-0.2, -0.15) is 11.8 Å². The van der Waals surface area contributed by atoms with Crippen LogP contribution in [0.25, 0.3) is 0 Å². The zero-order valence-electron chi connectivity index (χ0n) is 11.2. The number of carboxylic acid groups (broad SMARTS) is 1. The van der Waals surface area contributed by atoms with Gasteiger partial charge in [0.2, 0.25) is 0 Å². The number of aryl methyl sites for hydroxylation is 1. The molecular weight excluding hydrogens is 246 g/mol. The minimum absolute atomic E-state index is 0.620. The molecule has 4 heteroatoms. The van der Waals surface area contributed by atoms with Crippen molar-refractivity contribution in [3.8, 4) is 0 Å². The monoisotopic (exact) mass is 267 g/mol. The van der Waals surface area contributed by atoms with E-state index in [1.54, 1.807) is 25.7 Å². The molecule has 100 valence electrons. The molecule has 0 radical (unpaired) electrons. The molecule has 0 saturated carbocycles. The summed E-state index contributed by atoms with van der Waals surface area (Å²) in [5.41, 5.74) is 1.74. The summed E-state index contributed by atoms with van der Waals surface area (Å²) in [4.78, 5) is 11.1. The highest BCUT2D eigenvalue weighted by atomic mass is 32.2. The van der Waals surface area contributed by atoms with Crippen molar-refractivity contribution < 1.29 is 9.90 Å². The first-order chi connectivity index (χ1) is 8.48. The van der Waals surface area contributed by atoms with E-state index in [4.69, 9.17) is 5.11 Å². The molecule has 1 rings (SSSR count). The van der Waals surface area contributed by atoms with Gasteiger partial charge in [0, 0.05) is 5.75 Å². The second kappa shape index (κ2) is 6.81. The number of nitrogens with one attached hydrogen (secondary N) is 1. The summed E-state index contributed by atoms with van der Waals surface area (Å²) in [5, 5.41) is 12.0. The zero-order chi connectivity index (χ0) is 13.6. The first-order valence-electron chi connectivity index (χ1n) is 6.03. The van der Waals surface area contributed by atoms with E-state index in [9.17, 15) is 4.79 Å². The number of hydrogen-bond acceptors (Lipinski definition) is 3. The number of likely N-dealkylation sites (N-methyl/N-ethyl adjacent to an activating group) is 1. The standard InChI is InChI=1S/C14H21NO2S/c1-11-5-4-6-12(9-11)10-18-8-7-14(2,15-3)13(16)17/h4-6,9,15H,7-8,10H2,1-3H3,(H,16,17). The van der Waals surface area contributed by atoms with Crippen molar-refractivity contribution >= 4 is 17.7 Å². The van der Waals surface area contributed by atoms with Gasteiger partial charge in [-0.25, -0.2) is 0 Å². The zero-order valence-corrected chi connectivity index (χ0v) is 12.0. The van der Waals surface area contributed by atoms with Gasteiger partial charge in [0.05, 0.1) is 0 Å². The number of rotatable bonds is 7. The van der Waals surface area contributed by atoms with Gasteiger partial charge in [-0.15, -0.1) is 0 Å². The molecule has 0 aliphatic rings. The summed E-state index contributed by atoms with van der Waals surface area (Å²) < 4.78 is 0. The number of thioether (sulfide) groups is 1. The molecule has 1 atom stereocenters. The molecule has 0 saturated heterocycles. The van der Waals surface area contributed by atoms with Gasteiger partial charge < -0.3 is 10.4 Å². The van der Waals surface area contributed by atoms with E-state index < -0.39 is 11.5 Å². The van der Waals surface area contributed by atoms with Crippen LogP contribution in [0, 0.1) is 6.92 Å². The van der Waals surface area contributed by atoms with Crippen LogP contribution in [-0.2, 0) is 10.5 Å². The molecule has 0 aliphatic carbocycles. The van der Waals surface area contributed by atoms with Crippen LogP contribution in [-0.4, -0.2) is 29.4 Å². The Morgan fingerprint density at radius 1 is 1.50 bits per heavy atom. The smallest absolute Gasteiger partial charge is 0.323 e. The highest BCUT2D eigenvalue weighted by Gasteiger charge is 2.30. The second-order valence-electron chi connectivity index (χ2n) is 4.68. The van der Waals surface area contributed by atoms with Crippen molar-refractivity contribution in [2.75, 3.05) is 12.8 Å². The van der Waals surface area contributed by atoms with Crippen molar-refractivity contribution in [2.24, 2.45) is 0 Å². The first kappa shape index (κ1) is 15.1. The molecule has 1 unspecified atom stereocenters. The summed E-state index contributed by atoms with van der Waals surface area (Å²) in [5.74, 6) is 0.972. The summed E-state index contributed by atoms with van der Waals surface area (Å²) >= 11 is 1.77. The SMILES string of the molecule is CNC(C)(CCSCc1cccc(C)c1)C(=O)O. The normalized spacial score (nSPS) is 14.2. The lowest BCUT2D eigenvalue weighted by Crippen LogP contribution is -2.47. The third-order valence-electron chi connectivity index (χ3n) is 3.12. The molecule has 0 spiro atoms. The number of carboxylic acids is 1. The second-order valence-corrected chi connectivity index (χ2v) is 5.78. The molecule has 2 N–H and O–H groups in total. The van der Waals surface area contributed by atoms with Gasteiger partial charge in [0.1, 0.15) is 5.54 Å². The summed E-state index contributed by atoms with van der Waals surface area (Å²) in [6.07, 6.45) is 0.620. The Bertz CT molecular complexity index is 409. The minimum atomic E-state index is -0.820. The number of aliphatic carboxylic acids is 1. The van der Waals surface area contributed by atoms with Crippen LogP contribution in [0.1, 0.15) is 24.5 Å². The summed E-state index contributed by atoms with van der Waals surface area (Å²) in [6, 6.07) is 8.41. The topological polar surface area (TPSA) is 49.3 Å². The Balaban J connectivity index is 2.37. The Morgan fingerprint density at radius 3 is 2.78 bits per heavy atom. The van der Waals surface area contributed by atoms with Gasteiger partial charge in [0.15, 0.2) is 0 Å². The molecule has 0 heterocycles. The quantitative estimate of drug-likeness (QED) is 0.746. The molecule has 18 heavy (non-hydrogen) atoms. The molecule has 0 amide bonds. The van der Waals surface area contributed by atoms with Gasteiger partial charge >= 0.3 is 5.97 Å². The van der Waals surface area contributed by atoms with Gasteiger partial charge in [-0.05, 0) is 38.6 Å². The van der Waals surface area contributed by atoms with E-state index in [2.05, 4.69) is 36.5 Å². The van der Waals surface area contributed by atoms with Crippen LogP contribution >= 0.6 is 11.8 Å². The highest BCUT2D eigenvalue weighted by Crippen LogP contribution is 2.18. The maximum atomic E-state index is 11.1. The lowest BCUT2D eigenvalue weighted by molar-refractivity contribution is -0.144. The van der Waals surface area contributed by atoms with Crippen molar-refractivity contribution in [3.05, 3.63) is 35.4 Å². The van der Waals surface area contributed by atoms with E-state index in [-0.39, 0.29) is 0 Å². The van der Waals surface area contributed by atoms with Crippen molar-refractivity contribution in [1.29, 1.82) is 0 Å². The van der Waals surface area contributed by atoms with Crippen molar-refractivity contribution in [1.82, 2.24) is 5.32 Å². The van der Waals surface area contributed by atoms with Crippen molar-refractivity contribution in [3.63, 3.8) is 0 Å². The van der Waals surface area contributed by atoms with E-state index in [1.165, 1.54) is 11.1 Å². The van der Waals surface area contributed by atoms with Crippen LogP contribution in [0.5, 0.6) is 0 Å². The molecule has 0 fully saturated rings. The molecule has 3 nitrogen and oxygen atoms in total. The van der Waals surface area contributed by atoms with Crippen LogP contribution < -0.4 is 5.32 Å². The molecule has 1 aromatic rings. The lowest BCUT2D eigenvalue weighted by atomic mass is 10.00. The van der Waals surface area contributed by atoms with Crippen LogP contribution in [0.15, 0.2) is 24.3 Å². The summed E-state index contributed by atoms with van der Waals surface area (Å²) in [6.45, 7) is 3.80.